The minimum Gasteiger partial charge on any atom is -0.444 e. The number of nitrogens with one attached hydrogen (secondary N) is 4. The fourth-order valence-electron chi connectivity index (χ4n) is 6.65. The minimum atomic E-state index is -4.86. The molecule has 0 bridgehead atoms. The van der Waals surface area contributed by atoms with Gasteiger partial charge in [0.25, 0.3) is 11.8 Å². The molecule has 310 valence electrons. The van der Waals surface area contributed by atoms with E-state index < -0.39 is 29.5 Å². The van der Waals surface area contributed by atoms with Crippen LogP contribution in [0, 0.1) is 5.92 Å². The molecule has 4 amide bonds. The number of ether oxygens (including phenoxy) is 1. The Morgan fingerprint density at radius 1 is 0.931 bits per heavy atom. The van der Waals surface area contributed by atoms with Gasteiger partial charge in [-0.05, 0) is 77.0 Å². The van der Waals surface area contributed by atoms with E-state index in [1.165, 1.54) is 42.1 Å². The Bertz CT molecular complexity index is 2140. The molecule has 5 heterocycles. The van der Waals surface area contributed by atoms with E-state index in [2.05, 4.69) is 36.3 Å². The molecule has 2 aliphatic rings. The highest BCUT2D eigenvalue weighted by atomic mass is 35.5. The highest BCUT2D eigenvalue weighted by Gasteiger charge is 2.39. The van der Waals surface area contributed by atoms with Crippen LogP contribution < -0.4 is 21.3 Å². The number of halogens is 4. The van der Waals surface area contributed by atoms with Gasteiger partial charge in [-0.2, -0.15) is 18.3 Å². The SMILES string of the molecule is Cn1c(-c2cn(-c3ccc(NCCNC(=O)OC(C)(C)C)cn3)nc2C(F)(F)F)cnc1C(=O)Nc1ccc(C(=O)N2CCN(C(=O)C3CCNCC3)CC2)c(Cl)c1. The summed E-state index contributed by atoms with van der Waals surface area (Å²) in [5.41, 5.74) is -1.19. The van der Waals surface area contributed by atoms with Gasteiger partial charge in [-0.15, -0.1) is 0 Å². The van der Waals surface area contributed by atoms with E-state index in [9.17, 15) is 32.3 Å². The quantitative estimate of drug-likeness (QED) is 0.162. The number of aromatic nitrogens is 5. The minimum absolute atomic E-state index is 0.000144. The Hall–Kier alpha value is -5.69. The van der Waals surface area contributed by atoms with Crippen molar-refractivity contribution in [2.75, 3.05) is 63.0 Å². The monoisotopic (exact) mass is 827 g/mol. The van der Waals surface area contributed by atoms with Crippen molar-refractivity contribution >= 4 is 46.8 Å². The number of imidazole rings is 1. The van der Waals surface area contributed by atoms with Gasteiger partial charge < -0.3 is 40.4 Å². The van der Waals surface area contributed by atoms with E-state index in [-0.39, 0.29) is 63.5 Å². The summed E-state index contributed by atoms with van der Waals surface area (Å²) in [6, 6.07) is 7.48. The normalized spacial score (nSPS) is 15.2. The summed E-state index contributed by atoms with van der Waals surface area (Å²) >= 11 is 6.51. The van der Waals surface area contributed by atoms with E-state index >= 15 is 0 Å². The van der Waals surface area contributed by atoms with E-state index in [4.69, 9.17) is 16.3 Å². The van der Waals surface area contributed by atoms with Crippen LogP contribution in [0.4, 0.5) is 29.3 Å². The van der Waals surface area contributed by atoms with Crippen molar-refractivity contribution in [3.63, 3.8) is 0 Å². The summed E-state index contributed by atoms with van der Waals surface area (Å²) < 4.78 is 50.2. The average Bonchev–Trinajstić information content (AvgIpc) is 3.80. The molecule has 0 aliphatic carbocycles. The third kappa shape index (κ3) is 10.1. The average molecular weight is 828 g/mol. The van der Waals surface area contributed by atoms with Gasteiger partial charge >= 0.3 is 12.3 Å². The second-order valence-corrected chi connectivity index (χ2v) is 15.3. The lowest BCUT2D eigenvalue weighted by atomic mass is 9.96. The number of nitrogens with zero attached hydrogens (tertiary/aromatic N) is 7. The summed E-state index contributed by atoms with van der Waals surface area (Å²) in [6.07, 6.45) is -0.0974. The number of piperazine rings is 1. The van der Waals surface area contributed by atoms with Crippen molar-refractivity contribution in [1.29, 1.82) is 0 Å². The number of pyridine rings is 1. The number of alkyl halides is 3. The number of carbonyl (C=O) groups excluding carboxylic acids is 4. The Kier molecular flexibility index (Phi) is 12.6. The molecule has 0 unspecified atom stereocenters. The van der Waals surface area contributed by atoms with Crippen LogP contribution in [0.15, 0.2) is 48.9 Å². The molecular weight excluding hydrogens is 783 g/mol. The number of carbonyl (C=O) groups is 4. The Labute approximate surface area is 337 Å². The molecule has 1 aromatic carbocycles. The maximum Gasteiger partial charge on any atom is 0.435 e. The second kappa shape index (κ2) is 17.4. The number of rotatable bonds is 10. The molecule has 16 nitrogen and oxygen atoms in total. The van der Waals surface area contributed by atoms with Crippen molar-refractivity contribution < 1.29 is 37.1 Å². The number of piperidine rings is 1. The number of amides is 4. The van der Waals surface area contributed by atoms with E-state index in [0.717, 1.165) is 43.0 Å². The van der Waals surface area contributed by atoms with Crippen LogP contribution in [0.5, 0.6) is 0 Å². The van der Waals surface area contributed by atoms with E-state index in [1.54, 1.807) is 31.7 Å². The molecule has 2 saturated heterocycles. The Morgan fingerprint density at radius 2 is 1.62 bits per heavy atom. The number of benzene rings is 1. The number of hydrogen-bond donors (Lipinski definition) is 4. The standard InChI is InChI=1S/C38H45ClF3N11O5/c1-37(2,3)58-36(57)45-14-13-44-25-6-8-30(46-20-25)53-22-27(31(49-53)38(40,41)42)29-21-47-32(50(29)4)33(54)48-24-5-7-26(28(39)19-24)35(56)52-17-15-51(16-18-52)34(55)23-9-11-43-12-10-23/h5-8,19-23,43-44H,9-18H2,1-4H3,(H,45,57)(H,48,54). The fourth-order valence-corrected chi connectivity index (χ4v) is 6.91. The zero-order chi connectivity index (χ0) is 41.8. The Morgan fingerprint density at radius 3 is 2.26 bits per heavy atom. The van der Waals surface area contributed by atoms with Crippen LogP contribution in [0.1, 0.15) is 60.3 Å². The van der Waals surface area contributed by atoms with Gasteiger partial charge in [0.1, 0.15) is 5.60 Å². The first kappa shape index (κ1) is 41.9. The molecule has 2 fully saturated rings. The third-order valence-electron chi connectivity index (χ3n) is 9.58. The maximum absolute atomic E-state index is 14.3. The van der Waals surface area contributed by atoms with Gasteiger partial charge in [0.05, 0.1) is 39.9 Å². The number of alkyl carbamates (subject to hydrolysis) is 1. The topological polar surface area (TPSA) is 181 Å². The van der Waals surface area contributed by atoms with Crippen molar-refractivity contribution in [2.24, 2.45) is 13.0 Å². The molecule has 0 spiro atoms. The lowest BCUT2D eigenvalue weighted by Gasteiger charge is -2.37. The molecular formula is C38H45ClF3N11O5. The van der Waals surface area contributed by atoms with Crippen LogP contribution in [-0.2, 0) is 22.8 Å². The van der Waals surface area contributed by atoms with Gasteiger partial charge in [0, 0.05) is 64.1 Å². The molecule has 4 N–H and O–H groups in total. The fraction of sp³-hybridized carbons (Fsp3) is 0.447. The predicted octanol–water partition coefficient (Wildman–Crippen LogP) is 4.81. The zero-order valence-corrected chi connectivity index (χ0v) is 33.2. The van der Waals surface area contributed by atoms with Gasteiger partial charge in [-0.1, -0.05) is 11.6 Å². The van der Waals surface area contributed by atoms with Crippen molar-refractivity contribution in [1.82, 2.24) is 44.7 Å². The summed E-state index contributed by atoms with van der Waals surface area (Å²) in [5.74, 6) is -1.01. The summed E-state index contributed by atoms with van der Waals surface area (Å²) in [4.78, 5) is 63.3. The van der Waals surface area contributed by atoms with Crippen molar-refractivity contribution in [2.45, 2.75) is 45.4 Å². The lowest BCUT2D eigenvalue weighted by Crippen LogP contribution is -2.52. The molecule has 0 radical (unpaired) electrons. The Balaban J connectivity index is 1.08. The zero-order valence-electron chi connectivity index (χ0n) is 32.5. The predicted molar refractivity (Wildman–Crippen MR) is 209 cm³/mol. The van der Waals surface area contributed by atoms with E-state index in [0.29, 0.717) is 38.4 Å². The van der Waals surface area contributed by atoms with Crippen LogP contribution in [0.3, 0.4) is 0 Å². The highest BCUT2D eigenvalue weighted by molar-refractivity contribution is 6.34. The molecule has 20 heteroatoms. The van der Waals surface area contributed by atoms with Crippen LogP contribution in [0.25, 0.3) is 17.1 Å². The number of anilines is 2. The number of hydrogen-bond acceptors (Lipinski definition) is 10. The van der Waals surface area contributed by atoms with Gasteiger partial charge in [-0.3, -0.25) is 14.4 Å². The van der Waals surface area contributed by atoms with Crippen LogP contribution in [0.2, 0.25) is 5.02 Å². The van der Waals surface area contributed by atoms with E-state index in [1.807, 2.05) is 4.90 Å². The van der Waals surface area contributed by atoms with Crippen molar-refractivity contribution in [3.8, 4) is 17.1 Å². The molecule has 6 rings (SSSR count). The highest BCUT2D eigenvalue weighted by Crippen LogP contribution is 2.37. The van der Waals surface area contributed by atoms with Gasteiger partial charge in [-0.25, -0.2) is 19.4 Å². The third-order valence-corrected chi connectivity index (χ3v) is 9.89. The molecule has 0 saturated carbocycles. The molecule has 4 aromatic rings. The van der Waals surface area contributed by atoms with Crippen LogP contribution >= 0.6 is 11.6 Å². The molecule has 3 aromatic heterocycles. The largest absolute Gasteiger partial charge is 0.444 e. The van der Waals surface area contributed by atoms with Gasteiger partial charge in [0.15, 0.2) is 17.3 Å². The van der Waals surface area contributed by atoms with Gasteiger partial charge in [0.2, 0.25) is 5.91 Å². The molecule has 58 heavy (non-hydrogen) atoms. The first-order chi connectivity index (χ1) is 27.5. The first-order valence-corrected chi connectivity index (χ1v) is 19.1. The smallest absolute Gasteiger partial charge is 0.435 e. The summed E-state index contributed by atoms with van der Waals surface area (Å²) in [7, 11) is 1.40. The second-order valence-electron chi connectivity index (χ2n) is 14.9. The first-order valence-electron chi connectivity index (χ1n) is 18.7. The maximum atomic E-state index is 14.3. The molecule has 2 aliphatic heterocycles. The lowest BCUT2D eigenvalue weighted by molar-refractivity contribution is -0.141. The summed E-state index contributed by atoms with van der Waals surface area (Å²) in [6.45, 7) is 9.06. The molecule has 0 atom stereocenters. The van der Waals surface area contributed by atoms with Crippen molar-refractivity contribution in [3.05, 3.63) is 71.0 Å². The summed E-state index contributed by atoms with van der Waals surface area (Å²) in [5, 5.41) is 15.4. The van der Waals surface area contributed by atoms with Crippen LogP contribution in [-0.4, -0.2) is 116 Å².